The number of rotatable bonds is 11. The van der Waals surface area contributed by atoms with Gasteiger partial charge in [0.25, 0.3) is 0 Å². The summed E-state index contributed by atoms with van der Waals surface area (Å²) in [4.78, 5) is 14.5. The molecular formula is C18H30NO3P. The minimum absolute atomic E-state index is 0.0434. The zero-order chi connectivity index (χ0) is 17.1. The highest BCUT2D eigenvalue weighted by atomic mass is 31.2. The molecule has 1 unspecified atom stereocenters. The van der Waals surface area contributed by atoms with Crippen molar-refractivity contribution in [1.82, 2.24) is 4.90 Å². The third-order valence-corrected chi connectivity index (χ3v) is 6.19. The molecule has 0 spiro atoms. The average molecular weight is 339 g/mol. The van der Waals surface area contributed by atoms with Crippen LogP contribution in [0.4, 0.5) is 0 Å². The Bertz CT molecular complexity index is 496. The summed E-state index contributed by atoms with van der Waals surface area (Å²) in [5.74, 6) is -0.0625. The molecule has 1 aromatic rings. The number of hydrogen-bond donors (Lipinski definition) is 0. The fraction of sp³-hybridized carbons (Fsp3) is 0.611. The van der Waals surface area contributed by atoms with Gasteiger partial charge in [0.2, 0.25) is 13.3 Å². The van der Waals surface area contributed by atoms with E-state index in [1.807, 2.05) is 30.0 Å². The predicted molar refractivity (Wildman–Crippen MR) is 96.6 cm³/mol. The third kappa shape index (κ3) is 6.48. The van der Waals surface area contributed by atoms with Crippen molar-refractivity contribution in [3.63, 3.8) is 0 Å². The summed E-state index contributed by atoms with van der Waals surface area (Å²) in [6.45, 7) is 7.83. The van der Waals surface area contributed by atoms with Crippen LogP contribution in [0.5, 0.6) is 0 Å². The Morgan fingerprint density at radius 2 is 1.61 bits per heavy atom. The largest absolute Gasteiger partial charge is 0.342 e. The van der Waals surface area contributed by atoms with Crippen LogP contribution in [0.3, 0.4) is 0 Å². The SMILES string of the molecule is CCCCN(CCCC)C(=O)CP(=O)(OCC)c1ccccc1. The van der Waals surface area contributed by atoms with Crippen LogP contribution in [-0.4, -0.2) is 36.7 Å². The summed E-state index contributed by atoms with van der Waals surface area (Å²) >= 11 is 0. The van der Waals surface area contributed by atoms with Gasteiger partial charge in [0.1, 0.15) is 6.16 Å². The molecule has 0 N–H and O–H groups in total. The average Bonchev–Trinajstić information content (AvgIpc) is 2.56. The molecule has 23 heavy (non-hydrogen) atoms. The van der Waals surface area contributed by atoms with Gasteiger partial charge in [-0.1, -0.05) is 44.9 Å². The highest BCUT2D eigenvalue weighted by Gasteiger charge is 2.30. The van der Waals surface area contributed by atoms with E-state index in [4.69, 9.17) is 4.52 Å². The van der Waals surface area contributed by atoms with E-state index in [0.29, 0.717) is 11.9 Å². The lowest BCUT2D eigenvalue weighted by Crippen LogP contribution is -2.36. The minimum Gasteiger partial charge on any atom is -0.342 e. The van der Waals surface area contributed by atoms with Crippen molar-refractivity contribution >= 4 is 18.6 Å². The van der Waals surface area contributed by atoms with E-state index in [9.17, 15) is 9.36 Å². The second kappa shape index (κ2) is 10.6. The summed E-state index contributed by atoms with van der Waals surface area (Å²) in [5.41, 5.74) is 0. The molecule has 1 rings (SSSR count). The first-order valence-corrected chi connectivity index (χ1v) is 10.4. The zero-order valence-electron chi connectivity index (χ0n) is 14.7. The van der Waals surface area contributed by atoms with Crippen LogP contribution >= 0.6 is 7.37 Å². The maximum Gasteiger partial charge on any atom is 0.241 e. The van der Waals surface area contributed by atoms with Gasteiger partial charge in [0, 0.05) is 18.4 Å². The van der Waals surface area contributed by atoms with Gasteiger partial charge < -0.3 is 9.42 Å². The smallest absolute Gasteiger partial charge is 0.241 e. The first kappa shape index (κ1) is 19.9. The Balaban J connectivity index is 2.88. The number of carbonyl (C=O) groups excluding carboxylic acids is 1. The van der Waals surface area contributed by atoms with E-state index < -0.39 is 7.37 Å². The maximum absolute atomic E-state index is 13.2. The van der Waals surface area contributed by atoms with Crippen molar-refractivity contribution in [3.05, 3.63) is 30.3 Å². The molecule has 0 saturated heterocycles. The van der Waals surface area contributed by atoms with Crippen LogP contribution in [0.2, 0.25) is 0 Å². The number of hydrogen-bond acceptors (Lipinski definition) is 3. The monoisotopic (exact) mass is 339 g/mol. The topological polar surface area (TPSA) is 46.6 Å². The van der Waals surface area contributed by atoms with Gasteiger partial charge in [-0.15, -0.1) is 0 Å². The van der Waals surface area contributed by atoms with Crippen LogP contribution in [-0.2, 0) is 13.9 Å². The molecule has 0 aliphatic carbocycles. The van der Waals surface area contributed by atoms with Crippen molar-refractivity contribution in [2.45, 2.75) is 46.5 Å². The van der Waals surface area contributed by atoms with Gasteiger partial charge in [-0.2, -0.15) is 0 Å². The van der Waals surface area contributed by atoms with E-state index >= 15 is 0 Å². The van der Waals surface area contributed by atoms with Crippen molar-refractivity contribution in [1.29, 1.82) is 0 Å². The lowest BCUT2D eigenvalue weighted by molar-refractivity contribution is -0.128. The lowest BCUT2D eigenvalue weighted by Gasteiger charge is -2.25. The second-order valence-electron chi connectivity index (χ2n) is 5.67. The summed E-state index contributed by atoms with van der Waals surface area (Å²) in [5, 5.41) is 0.626. The molecule has 130 valence electrons. The Kier molecular flexibility index (Phi) is 9.20. The summed E-state index contributed by atoms with van der Waals surface area (Å²) in [6.07, 6.45) is 3.98. The molecule has 0 radical (unpaired) electrons. The number of benzene rings is 1. The first-order valence-electron chi connectivity index (χ1n) is 8.64. The van der Waals surface area contributed by atoms with E-state index in [1.54, 1.807) is 12.1 Å². The van der Waals surface area contributed by atoms with Crippen molar-refractivity contribution in [3.8, 4) is 0 Å². The van der Waals surface area contributed by atoms with Gasteiger partial charge in [-0.3, -0.25) is 9.36 Å². The lowest BCUT2D eigenvalue weighted by atomic mass is 10.2. The molecule has 0 aromatic heterocycles. The number of carbonyl (C=O) groups is 1. The van der Waals surface area contributed by atoms with Gasteiger partial charge in [-0.25, -0.2) is 0 Å². The van der Waals surface area contributed by atoms with Crippen LogP contribution in [0.1, 0.15) is 46.5 Å². The van der Waals surface area contributed by atoms with E-state index in [-0.39, 0.29) is 12.1 Å². The van der Waals surface area contributed by atoms with Gasteiger partial charge in [0.05, 0.1) is 6.61 Å². The Labute approximate surface area is 140 Å². The Hall–Kier alpha value is -1.12. The van der Waals surface area contributed by atoms with E-state index in [0.717, 1.165) is 38.8 Å². The summed E-state index contributed by atoms with van der Waals surface area (Å²) in [7, 11) is -3.14. The van der Waals surface area contributed by atoms with Gasteiger partial charge in [0.15, 0.2) is 0 Å². The van der Waals surface area contributed by atoms with Crippen molar-refractivity contribution in [2.75, 3.05) is 25.9 Å². The third-order valence-electron chi connectivity index (χ3n) is 3.75. The van der Waals surface area contributed by atoms with E-state index in [1.165, 1.54) is 0 Å². The number of unbranched alkanes of at least 4 members (excludes halogenated alkanes) is 2. The summed E-state index contributed by atoms with van der Waals surface area (Å²) in [6, 6.07) is 9.10. The molecule has 0 saturated carbocycles. The molecule has 0 aliphatic heterocycles. The quantitative estimate of drug-likeness (QED) is 0.571. The Morgan fingerprint density at radius 3 is 2.09 bits per heavy atom. The molecule has 1 aromatic carbocycles. The summed E-state index contributed by atoms with van der Waals surface area (Å²) < 4.78 is 18.8. The zero-order valence-corrected chi connectivity index (χ0v) is 15.6. The Morgan fingerprint density at radius 1 is 1.04 bits per heavy atom. The van der Waals surface area contributed by atoms with Gasteiger partial charge >= 0.3 is 0 Å². The normalized spacial score (nSPS) is 13.5. The maximum atomic E-state index is 13.2. The highest BCUT2D eigenvalue weighted by Crippen LogP contribution is 2.45. The molecule has 4 nitrogen and oxygen atoms in total. The fourth-order valence-corrected chi connectivity index (χ4v) is 4.43. The molecule has 0 fully saturated rings. The molecular weight excluding hydrogens is 309 g/mol. The van der Waals surface area contributed by atoms with Crippen LogP contribution in [0, 0.1) is 0 Å². The van der Waals surface area contributed by atoms with Crippen molar-refractivity contribution in [2.24, 2.45) is 0 Å². The number of amides is 1. The predicted octanol–water partition coefficient (Wildman–Crippen LogP) is 4.06. The van der Waals surface area contributed by atoms with Crippen LogP contribution < -0.4 is 5.30 Å². The first-order chi connectivity index (χ1) is 11.1. The van der Waals surface area contributed by atoms with Crippen LogP contribution in [0.15, 0.2) is 30.3 Å². The molecule has 5 heteroatoms. The van der Waals surface area contributed by atoms with Crippen LogP contribution in [0.25, 0.3) is 0 Å². The number of nitrogens with zero attached hydrogens (tertiary/aromatic N) is 1. The molecule has 1 atom stereocenters. The fourth-order valence-electron chi connectivity index (χ4n) is 2.41. The second-order valence-corrected chi connectivity index (χ2v) is 8.11. The van der Waals surface area contributed by atoms with Gasteiger partial charge in [-0.05, 0) is 31.9 Å². The minimum atomic E-state index is -3.14. The molecule has 0 aliphatic rings. The standard InChI is InChI=1S/C18H30NO3P/c1-4-7-14-19(15-8-5-2)18(20)16-23(21,22-6-3)17-12-10-9-11-13-17/h9-13H,4-8,14-16H2,1-3H3. The van der Waals surface area contributed by atoms with E-state index in [2.05, 4.69) is 13.8 Å². The molecule has 1 amide bonds. The molecule has 0 bridgehead atoms. The van der Waals surface area contributed by atoms with Crippen molar-refractivity contribution < 1.29 is 13.9 Å². The highest BCUT2D eigenvalue weighted by molar-refractivity contribution is 7.67. The molecule has 0 heterocycles.